The van der Waals surface area contributed by atoms with Crippen molar-refractivity contribution >= 4 is 11.7 Å². The number of anilines is 1. The van der Waals surface area contributed by atoms with Crippen LogP contribution in [-0.2, 0) is 13.6 Å². The average Bonchev–Trinajstić information content (AvgIpc) is 3.03. The Morgan fingerprint density at radius 1 is 1.20 bits per heavy atom. The molecule has 1 aromatic carbocycles. The number of hydrogen-bond donors (Lipinski definition) is 2. The Labute approximate surface area is 177 Å². The number of piperazine rings is 1. The van der Waals surface area contributed by atoms with E-state index in [1.54, 1.807) is 6.20 Å². The zero-order valence-electron chi connectivity index (χ0n) is 17.7. The molecule has 0 aliphatic carbocycles. The van der Waals surface area contributed by atoms with Gasteiger partial charge in [-0.05, 0) is 31.5 Å². The first kappa shape index (κ1) is 20.1. The standard InChI is InChI=1S/C23H28N6O/c1-16-20(17(2)28(3)27-16)14-26-23(30)19-10-7-11-25-22(19)29-13-12-24-21(15-29)18-8-5-4-6-9-18/h4-11,21,24H,12-15H2,1-3H3,(H,26,30)/t21-/m0/s1. The highest BCUT2D eigenvalue weighted by Crippen LogP contribution is 2.24. The lowest BCUT2D eigenvalue weighted by molar-refractivity contribution is 0.0951. The van der Waals surface area contributed by atoms with Crippen molar-refractivity contribution in [1.82, 2.24) is 25.4 Å². The van der Waals surface area contributed by atoms with Crippen LogP contribution in [0.15, 0.2) is 48.7 Å². The van der Waals surface area contributed by atoms with E-state index in [0.29, 0.717) is 12.1 Å². The van der Waals surface area contributed by atoms with Crippen LogP contribution in [0.2, 0.25) is 0 Å². The van der Waals surface area contributed by atoms with Crippen molar-refractivity contribution in [1.29, 1.82) is 0 Å². The van der Waals surface area contributed by atoms with Crippen LogP contribution in [0.5, 0.6) is 0 Å². The molecule has 0 saturated carbocycles. The monoisotopic (exact) mass is 404 g/mol. The quantitative estimate of drug-likeness (QED) is 0.684. The minimum Gasteiger partial charge on any atom is -0.353 e. The molecule has 0 spiro atoms. The van der Waals surface area contributed by atoms with Crippen molar-refractivity contribution < 1.29 is 4.79 Å². The van der Waals surface area contributed by atoms with E-state index >= 15 is 0 Å². The van der Waals surface area contributed by atoms with Crippen molar-refractivity contribution in [3.63, 3.8) is 0 Å². The van der Waals surface area contributed by atoms with Crippen LogP contribution in [0.25, 0.3) is 0 Å². The molecule has 7 heteroatoms. The maximum atomic E-state index is 13.0. The zero-order valence-corrected chi connectivity index (χ0v) is 17.7. The molecule has 156 valence electrons. The summed E-state index contributed by atoms with van der Waals surface area (Å²) in [5, 5.41) is 11.1. The molecule has 1 saturated heterocycles. The van der Waals surface area contributed by atoms with Crippen LogP contribution in [0.3, 0.4) is 0 Å². The molecule has 1 amide bonds. The van der Waals surface area contributed by atoms with Gasteiger partial charge in [0, 0.05) is 56.7 Å². The number of nitrogens with one attached hydrogen (secondary N) is 2. The number of aromatic nitrogens is 3. The van der Waals surface area contributed by atoms with E-state index in [1.807, 2.05) is 43.8 Å². The summed E-state index contributed by atoms with van der Waals surface area (Å²) in [7, 11) is 1.92. The second-order valence-electron chi connectivity index (χ2n) is 7.69. The predicted octanol–water partition coefficient (Wildman–Crippen LogP) is 2.51. The van der Waals surface area contributed by atoms with E-state index < -0.39 is 0 Å². The summed E-state index contributed by atoms with van der Waals surface area (Å²) in [6.07, 6.45) is 1.75. The molecule has 30 heavy (non-hydrogen) atoms. The van der Waals surface area contributed by atoms with Crippen LogP contribution >= 0.6 is 0 Å². The number of nitrogens with zero attached hydrogens (tertiary/aromatic N) is 4. The van der Waals surface area contributed by atoms with E-state index in [-0.39, 0.29) is 11.9 Å². The lowest BCUT2D eigenvalue weighted by Gasteiger charge is -2.35. The van der Waals surface area contributed by atoms with Gasteiger partial charge in [0.05, 0.1) is 11.3 Å². The molecule has 3 heterocycles. The second kappa shape index (κ2) is 8.67. The maximum absolute atomic E-state index is 13.0. The van der Waals surface area contributed by atoms with E-state index in [0.717, 1.165) is 42.4 Å². The van der Waals surface area contributed by atoms with Crippen LogP contribution in [0.4, 0.5) is 5.82 Å². The molecular weight excluding hydrogens is 376 g/mol. The molecule has 0 bridgehead atoms. The average molecular weight is 405 g/mol. The molecule has 1 aliphatic rings. The highest BCUT2D eigenvalue weighted by molar-refractivity contribution is 5.98. The molecule has 7 nitrogen and oxygen atoms in total. The summed E-state index contributed by atoms with van der Waals surface area (Å²) >= 11 is 0. The first-order chi connectivity index (χ1) is 14.5. The van der Waals surface area contributed by atoms with Crippen molar-refractivity contribution in [2.75, 3.05) is 24.5 Å². The largest absolute Gasteiger partial charge is 0.353 e. The van der Waals surface area contributed by atoms with Crippen molar-refractivity contribution in [2.24, 2.45) is 7.05 Å². The van der Waals surface area contributed by atoms with Gasteiger partial charge < -0.3 is 15.5 Å². The van der Waals surface area contributed by atoms with Gasteiger partial charge >= 0.3 is 0 Å². The van der Waals surface area contributed by atoms with Crippen LogP contribution in [0.1, 0.15) is 38.9 Å². The lowest BCUT2D eigenvalue weighted by Crippen LogP contribution is -2.46. The number of benzene rings is 1. The SMILES string of the molecule is Cc1nn(C)c(C)c1CNC(=O)c1cccnc1N1CCN[C@H](c2ccccc2)C1. The first-order valence-electron chi connectivity index (χ1n) is 10.3. The van der Waals surface area contributed by atoms with Gasteiger partial charge in [-0.2, -0.15) is 5.10 Å². The Bertz CT molecular complexity index is 1030. The van der Waals surface area contributed by atoms with Gasteiger partial charge in [0.25, 0.3) is 5.91 Å². The molecule has 2 N–H and O–H groups in total. The fourth-order valence-corrected chi connectivity index (χ4v) is 4.01. The lowest BCUT2D eigenvalue weighted by atomic mass is 10.0. The van der Waals surface area contributed by atoms with Crippen LogP contribution in [0, 0.1) is 13.8 Å². The first-order valence-corrected chi connectivity index (χ1v) is 10.3. The topological polar surface area (TPSA) is 75.1 Å². The minimum absolute atomic E-state index is 0.115. The van der Waals surface area contributed by atoms with Gasteiger partial charge in [0.15, 0.2) is 0 Å². The van der Waals surface area contributed by atoms with Crippen molar-refractivity contribution in [3.05, 3.63) is 76.7 Å². The van der Waals surface area contributed by atoms with Gasteiger partial charge in [0.1, 0.15) is 5.82 Å². The Hall–Kier alpha value is -3.19. The number of rotatable bonds is 5. The van der Waals surface area contributed by atoms with Gasteiger partial charge in [-0.25, -0.2) is 4.98 Å². The van der Waals surface area contributed by atoms with Gasteiger partial charge in [-0.15, -0.1) is 0 Å². The molecular formula is C23H28N6O. The normalized spacial score (nSPS) is 16.5. The van der Waals surface area contributed by atoms with Crippen molar-refractivity contribution in [2.45, 2.75) is 26.4 Å². The zero-order chi connectivity index (χ0) is 21.1. The number of carbonyl (C=O) groups excluding carboxylic acids is 1. The second-order valence-corrected chi connectivity index (χ2v) is 7.69. The number of hydrogen-bond acceptors (Lipinski definition) is 5. The van der Waals surface area contributed by atoms with Crippen molar-refractivity contribution in [3.8, 4) is 0 Å². The number of pyridine rings is 1. The van der Waals surface area contributed by atoms with Gasteiger partial charge in [-0.3, -0.25) is 9.48 Å². The van der Waals surface area contributed by atoms with Crippen LogP contribution in [-0.4, -0.2) is 40.3 Å². The number of aryl methyl sites for hydroxylation is 2. The van der Waals surface area contributed by atoms with Gasteiger partial charge in [0.2, 0.25) is 0 Å². The Kier molecular flexibility index (Phi) is 5.81. The van der Waals surface area contributed by atoms with E-state index in [1.165, 1.54) is 5.56 Å². The molecule has 0 radical (unpaired) electrons. The predicted molar refractivity (Wildman–Crippen MR) is 117 cm³/mol. The van der Waals surface area contributed by atoms with E-state index in [4.69, 9.17) is 0 Å². The summed E-state index contributed by atoms with van der Waals surface area (Å²) < 4.78 is 1.84. The number of amides is 1. The number of carbonyl (C=O) groups is 1. The maximum Gasteiger partial charge on any atom is 0.255 e. The highest BCUT2D eigenvalue weighted by Gasteiger charge is 2.25. The Morgan fingerprint density at radius 2 is 2.00 bits per heavy atom. The molecule has 4 rings (SSSR count). The summed E-state index contributed by atoms with van der Waals surface area (Å²) in [4.78, 5) is 19.8. The fourth-order valence-electron chi connectivity index (χ4n) is 4.01. The molecule has 0 unspecified atom stereocenters. The molecule has 1 aliphatic heterocycles. The third kappa shape index (κ3) is 4.07. The fraction of sp³-hybridized carbons (Fsp3) is 0.348. The molecule has 1 fully saturated rings. The summed E-state index contributed by atoms with van der Waals surface area (Å²) in [6.45, 7) is 6.84. The summed E-state index contributed by atoms with van der Waals surface area (Å²) in [6, 6.07) is 14.3. The Morgan fingerprint density at radius 3 is 2.73 bits per heavy atom. The third-order valence-corrected chi connectivity index (χ3v) is 5.79. The Balaban J connectivity index is 1.51. The smallest absolute Gasteiger partial charge is 0.255 e. The van der Waals surface area contributed by atoms with E-state index in [2.05, 4.69) is 49.9 Å². The van der Waals surface area contributed by atoms with Gasteiger partial charge in [-0.1, -0.05) is 30.3 Å². The van der Waals surface area contributed by atoms with E-state index in [9.17, 15) is 4.79 Å². The summed E-state index contributed by atoms with van der Waals surface area (Å²) in [5.74, 6) is 0.618. The molecule has 3 aromatic rings. The summed E-state index contributed by atoms with van der Waals surface area (Å²) in [5.41, 5.74) is 4.90. The third-order valence-electron chi connectivity index (χ3n) is 5.79. The minimum atomic E-state index is -0.115. The van der Waals surface area contributed by atoms with Crippen LogP contribution < -0.4 is 15.5 Å². The molecule has 1 atom stereocenters. The highest BCUT2D eigenvalue weighted by atomic mass is 16.1. The molecule has 2 aromatic heterocycles.